The largest absolute Gasteiger partial charge is 0.456 e. The van der Waals surface area contributed by atoms with Gasteiger partial charge in [-0.15, -0.1) is 6.58 Å². The van der Waals surface area contributed by atoms with Crippen molar-refractivity contribution < 1.29 is 53.1 Å². The number of ether oxygens (including phenoxy) is 5. The van der Waals surface area contributed by atoms with Gasteiger partial charge in [-0.1, -0.05) is 51.5 Å². The maximum absolute atomic E-state index is 14.3. The molecule has 0 aromatic rings. The lowest BCUT2D eigenvalue weighted by atomic mass is 9.79. The van der Waals surface area contributed by atoms with E-state index in [0.717, 1.165) is 30.4 Å². The van der Waals surface area contributed by atoms with Crippen LogP contribution in [0.2, 0.25) is 0 Å². The molecule has 3 fully saturated rings. The number of amides is 1. The molecule has 0 aromatic heterocycles. The highest BCUT2D eigenvalue weighted by Gasteiger charge is 2.56. The number of allylic oxidation sites excluding steroid dienone is 4. The fourth-order valence-electron chi connectivity index (χ4n) is 9.67. The van der Waals surface area contributed by atoms with Crippen molar-refractivity contribution in [2.75, 3.05) is 27.9 Å². The van der Waals surface area contributed by atoms with E-state index >= 15 is 0 Å². The molecule has 14 atom stereocenters. The molecule has 57 heavy (non-hydrogen) atoms. The number of rotatable bonds is 7. The normalized spacial score (nSPS) is 41.0. The minimum absolute atomic E-state index is 0.0237. The smallest absolute Gasteiger partial charge is 0.329 e. The van der Waals surface area contributed by atoms with Gasteiger partial charge in [-0.2, -0.15) is 0 Å². The van der Waals surface area contributed by atoms with Crippen LogP contribution in [0.15, 0.2) is 36.0 Å². The van der Waals surface area contributed by atoms with Gasteiger partial charge in [-0.25, -0.2) is 4.79 Å². The number of Topliss-reactive ketones (excluding diaryl/α,β-unsaturated/α-hetero) is 2. The van der Waals surface area contributed by atoms with Crippen molar-refractivity contribution in [3.63, 3.8) is 0 Å². The van der Waals surface area contributed by atoms with Crippen LogP contribution in [0.1, 0.15) is 112 Å². The Balaban J connectivity index is 1.78. The van der Waals surface area contributed by atoms with Gasteiger partial charge >= 0.3 is 5.97 Å². The van der Waals surface area contributed by atoms with Crippen molar-refractivity contribution in [3.05, 3.63) is 36.0 Å². The summed E-state index contributed by atoms with van der Waals surface area (Å²) in [4.78, 5) is 57.9. The molecule has 0 radical (unpaired) electrons. The number of fused-ring (bicyclic) bond motifs is 3. The van der Waals surface area contributed by atoms with E-state index < -0.39 is 77.8 Å². The topological polar surface area (TPSA) is 158 Å². The number of carbonyl (C=O) groups is 4. The molecule has 12 heteroatoms. The van der Waals surface area contributed by atoms with E-state index in [-0.39, 0.29) is 49.5 Å². The monoisotopic (exact) mass is 802 g/mol. The number of carbonyl (C=O) groups excluding carboxylic acids is 4. The van der Waals surface area contributed by atoms with Crippen LogP contribution >= 0.6 is 0 Å². The highest BCUT2D eigenvalue weighted by atomic mass is 16.7. The van der Waals surface area contributed by atoms with Crippen molar-refractivity contribution in [2.24, 2.45) is 35.5 Å². The summed E-state index contributed by atoms with van der Waals surface area (Å²) >= 11 is 0. The van der Waals surface area contributed by atoms with Crippen molar-refractivity contribution in [3.8, 4) is 0 Å². The van der Waals surface area contributed by atoms with Gasteiger partial charge in [0.05, 0.1) is 24.4 Å². The van der Waals surface area contributed by atoms with Gasteiger partial charge in [-0.3, -0.25) is 14.4 Å². The molecule has 2 saturated heterocycles. The van der Waals surface area contributed by atoms with Crippen LogP contribution in [0.3, 0.4) is 0 Å². The van der Waals surface area contributed by atoms with E-state index in [4.69, 9.17) is 23.7 Å². The molecule has 12 nitrogen and oxygen atoms in total. The lowest BCUT2D eigenvalue weighted by Crippen LogP contribution is -2.64. The fourth-order valence-corrected chi connectivity index (χ4v) is 9.67. The maximum Gasteiger partial charge on any atom is 0.329 e. The Morgan fingerprint density at radius 3 is 2.26 bits per heavy atom. The SMILES string of the molecule is C=CC[C@@H]1/C=C(\C)C[C@H](C)C[C@H](OC)[C@H]2O[C@@](O)(C(=O)C(=O)N3CCCC[C@H]3C(=O)O[C@H](/C(C)=C/[C@H]3CC[C@@H](C)[C@H](OC)C3)[C@H](C)[C@@H](O)CC1=O)[C@H](C)C[C@@H]2OC. The van der Waals surface area contributed by atoms with E-state index in [1.165, 1.54) is 19.1 Å². The van der Waals surface area contributed by atoms with Crippen LogP contribution in [-0.2, 0) is 42.9 Å². The van der Waals surface area contributed by atoms with Crippen molar-refractivity contribution >= 4 is 23.4 Å². The van der Waals surface area contributed by atoms with E-state index in [9.17, 15) is 29.4 Å². The molecule has 2 bridgehead atoms. The van der Waals surface area contributed by atoms with E-state index in [1.54, 1.807) is 27.0 Å². The Kier molecular flexibility index (Phi) is 17.3. The van der Waals surface area contributed by atoms with Crippen LogP contribution < -0.4 is 0 Å². The summed E-state index contributed by atoms with van der Waals surface area (Å²) in [5.41, 5.74) is 1.71. The molecule has 322 valence electrons. The van der Waals surface area contributed by atoms with Crippen LogP contribution in [0.5, 0.6) is 0 Å². The summed E-state index contributed by atoms with van der Waals surface area (Å²) in [7, 11) is 4.79. The molecule has 3 aliphatic heterocycles. The van der Waals surface area contributed by atoms with Crippen molar-refractivity contribution in [1.82, 2.24) is 4.90 Å². The number of ketones is 2. The molecule has 4 aliphatic rings. The third-order valence-corrected chi connectivity index (χ3v) is 13.2. The second-order valence-electron chi connectivity index (χ2n) is 17.7. The lowest BCUT2D eigenvalue weighted by Gasteiger charge is -2.47. The predicted molar refractivity (Wildman–Crippen MR) is 216 cm³/mol. The molecular formula is C45H71NO11. The molecule has 1 aliphatic carbocycles. The highest BCUT2D eigenvalue weighted by Crippen LogP contribution is 2.39. The van der Waals surface area contributed by atoms with Crippen LogP contribution in [-0.4, -0.2) is 115 Å². The molecule has 1 amide bonds. The van der Waals surface area contributed by atoms with Gasteiger partial charge in [0.25, 0.3) is 11.7 Å². The van der Waals surface area contributed by atoms with Gasteiger partial charge in [-0.05, 0) is 101 Å². The second kappa shape index (κ2) is 21.0. The maximum atomic E-state index is 14.3. The number of aliphatic hydroxyl groups excluding tert-OH is 1. The summed E-state index contributed by atoms with van der Waals surface area (Å²) in [6.07, 6.45) is 7.37. The second-order valence-corrected chi connectivity index (χ2v) is 17.7. The Labute approximate surface area is 340 Å². The minimum Gasteiger partial charge on any atom is -0.456 e. The Morgan fingerprint density at radius 1 is 0.947 bits per heavy atom. The summed E-state index contributed by atoms with van der Waals surface area (Å²) in [5.74, 6) is -6.96. The molecular weight excluding hydrogens is 730 g/mol. The summed E-state index contributed by atoms with van der Waals surface area (Å²) in [6.45, 7) is 15.5. The number of esters is 1. The first-order valence-electron chi connectivity index (χ1n) is 21.2. The van der Waals surface area contributed by atoms with Gasteiger partial charge in [0.15, 0.2) is 0 Å². The third-order valence-electron chi connectivity index (χ3n) is 13.2. The summed E-state index contributed by atoms with van der Waals surface area (Å²) < 4.78 is 30.1. The number of methoxy groups -OCH3 is 3. The number of nitrogens with zero attached hydrogens (tertiary/aromatic N) is 1. The molecule has 3 heterocycles. The zero-order valence-corrected chi connectivity index (χ0v) is 35.9. The Morgan fingerprint density at radius 2 is 1.61 bits per heavy atom. The molecule has 2 N–H and O–H groups in total. The van der Waals surface area contributed by atoms with Gasteiger partial charge in [0.1, 0.15) is 24.0 Å². The Hall–Kier alpha value is -2.74. The quantitative estimate of drug-likeness (QED) is 0.179. The lowest BCUT2D eigenvalue weighted by molar-refractivity contribution is -0.302. The van der Waals surface area contributed by atoms with Gasteiger partial charge in [0.2, 0.25) is 5.79 Å². The summed E-state index contributed by atoms with van der Waals surface area (Å²) in [6, 6.07) is -1.11. The highest BCUT2D eigenvalue weighted by molar-refractivity contribution is 6.39. The van der Waals surface area contributed by atoms with Gasteiger partial charge < -0.3 is 38.8 Å². The van der Waals surface area contributed by atoms with Crippen molar-refractivity contribution in [1.29, 1.82) is 0 Å². The first-order valence-corrected chi connectivity index (χ1v) is 21.2. The molecule has 0 aromatic carbocycles. The summed E-state index contributed by atoms with van der Waals surface area (Å²) in [5, 5.41) is 23.8. The van der Waals surface area contributed by atoms with E-state index in [1.807, 2.05) is 19.9 Å². The average Bonchev–Trinajstić information content (AvgIpc) is 3.18. The molecule has 1 saturated carbocycles. The molecule has 4 rings (SSSR count). The number of cyclic esters (lactones) is 1. The first-order chi connectivity index (χ1) is 27.0. The van der Waals surface area contributed by atoms with Crippen molar-refractivity contribution in [2.45, 2.75) is 161 Å². The number of hydrogen-bond acceptors (Lipinski definition) is 11. The number of hydrogen-bond donors (Lipinski definition) is 2. The third kappa shape index (κ3) is 11.3. The Bertz CT molecular complexity index is 1480. The number of aliphatic hydroxyl groups is 2. The standard InChI is InChI=1S/C45H71NO11/c1-11-14-33-20-26(2)19-27(3)21-38(54-9)41-39(55-10)23-30(6)45(52,57-41)42(49)43(50)46-18-13-12-15-34(46)44(51)56-40(31(7)35(47)25-36(33)48)29(5)22-32-17-16-28(4)37(24-32)53-8/h11,20,22,27-28,30-35,37-41,47,52H,1,12-19,21,23-25H2,2-10H3/b26-20+,29-22+/t27-,28+,30+,31+,32+,33+,34-,35-,37+,38-,39-,40+,41+,45+/m0/s1. The fraction of sp³-hybridized carbons (Fsp3) is 0.778. The van der Waals surface area contributed by atoms with Crippen LogP contribution in [0.4, 0.5) is 0 Å². The van der Waals surface area contributed by atoms with Gasteiger partial charge in [0, 0.05) is 52.0 Å². The zero-order valence-electron chi connectivity index (χ0n) is 35.9. The van der Waals surface area contributed by atoms with Crippen LogP contribution in [0, 0.1) is 35.5 Å². The molecule has 0 unspecified atom stereocenters. The van der Waals surface area contributed by atoms with Crippen LogP contribution in [0.25, 0.3) is 0 Å². The molecule has 0 spiro atoms. The number of piperidine rings is 1. The first kappa shape index (κ1) is 46.9. The average molecular weight is 802 g/mol. The van der Waals surface area contributed by atoms with E-state index in [2.05, 4.69) is 26.5 Å². The zero-order chi connectivity index (χ0) is 42.2. The predicted octanol–water partition coefficient (Wildman–Crippen LogP) is 5.91. The van der Waals surface area contributed by atoms with E-state index in [0.29, 0.717) is 38.0 Å². The minimum atomic E-state index is -2.49.